The Bertz CT molecular complexity index is 1380. The molecule has 0 aliphatic carbocycles. The van der Waals surface area contributed by atoms with Gasteiger partial charge < -0.3 is 14.8 Å². The van der Waals surface area contributed by atoms with Crippen LogP contribution >= 0.6 is 0 Å². The molecule has 7 nitrogen and oxygen atoms in total. The number of ether oxygens (including phenoxy) is 2. The fourth-order valence-electron chi connectivity index (χ4n) is 3.97. The smallest absolute Gasteiger partial charge is 0.225 e. The van der Waals surface area contributed by atoms with Crippen LogP contribution in [-0.2, 0) is 33.8 Å². The number of nitrogens with zero attached hydrogens (tertiary/aromatic N) is 1. The number of rotatable bonds is 12. The summed E-state index contributed by atoms with van der Waals surface area (Å²) in [7, 11) is 0. The van der Waals surface area contributed by atoms with Gasteiger partial charge >= 0.3 is 0 Å². The fraction of sp³-hybridized carbons (Fsp3) is 0.233. The first-order valence-electron chi connectivity index (χ1n) is 12.4. The molecule has 4 rings (SSSR count). The molecule has 3 aromatic carbocycles. The number of benzene rings is 3. The van der Waals surface area contributed by atoms with Crippen molar-refractivity contribution in [1.82, 2.24) is 15.5 Å². The van der Waals surface area contributed by atoms with Crippen molar-refractivity contribution in [3.63, 3.8) is 0 Å². The van der Waals surface area contributed by atoms with Crippen molar-refractivity contribution in [2.24, 2.45) is 0 Å². The summed E-state index contributed by atoms with van der Waals surface area (Å²) in [5, 5.41) is 9.77. The predicted molar refractivity (Wildman–Crippen MR) is 141 cm³/mol. The van der Waals surface area contributed by atoms with Crippen LogP contribution in [-0.4, -0.2) is 34.5 Å². The number of ketones is 1. The molecule has 0 bridgehead atoms. The highest BCUT2D eigenvalue weighted by Gasteiger charge is 2.23. The van der Waals surface area contributed by atoms with E-state index in [1.165, 1.54) is 36.4 Å². The number of aromatic amines is 1. The Morgan fingerprint density at radius 1 is 0.846 bits per heavy atom. The predicted octanol–water partition coefficient (Wildman–Crippen LogP) is 5.15. The monoisotopic (exact) mass is 533 g/mol. The van der Waals surface area contributed by atoms with E-state index in [0.717, 1.165) is 28.1 Å². The Morgan fingerprint density at radius 2 is 1.41 bits per heavy atom. The molecule has 9 heteroatoms. The molecule has 1 heterocycles. The standard InChI is InChI=1S/C30H29F2N3O4/c1-19-27(20(2)35-34-19)16-30(37)33-28(18-38-17-22-3-7-23(31)8-4-22)29(36)15-21-5-11-25(12-6-21)39-26-13-9-24(32)10-14-26/h3-14,28H,15-18H2,1-2H3,(H,33,37)(H,34,35)/t28-/m0/s1. The van der Waals surface area contributed by atoms with Gasteiger partial charge in [-0.2, -0.15) is 5.10 Å². The second-order valence-electron chi connectivity index (χ2n) is 9.19. The lowest BCUT2D eigenvalue weighted by molar-refractivity contribution is -0.128. The molecule has 0 saturated carbocycles. The summed E-state index contributed by atoms with van der Waals surface area (Å²) in [6.07, 6.45) is 0.136. The highest BCUT2D eigenvalue weighted by molar-refractivity contribution is 5.91. The zero-order chi connectivity index (χ0) is 27.8. The third kappa shape index (κ3) is 8.05. The van der Waals surface area contributed by atoms with Gasteiger partial charge in [-0.25, -0.2) is 8.78 Å². The number of aryl methyl sites for hydroxylation is 2. The van der Waals surface area contributed by atoms with Crippen LogP contribution in [0.1, 0.15) is 28.1 Å². The third-order valence-electron chi connectivity index (χ3n) is 6.16. The Balaban J connectivity index is 1.39. The van der Waals surface area contributed by atoms with Gasteiger partial charge in [0.2, 0.25) is 5.91 Å². The summed E-state index contributed by atoms with van der Waals surface area (Å²) < 4.78 is 37.7. The minimum absolute atomic E-state index is 0.0446. The summed E-state index contributed by atoms with van der Waals surface area (Å²) in [6.45, 7) is 3.76. The van der Waals surface area contributed by atoms with Gasteiger partial charge in [0.1, 0.15) is 29.2 Å². The average molecular weight is 534 g/mol. The van der Waals surface area contributed by atoms with E-state index in [1.807, 2.05) is 13.8 Å². The number of nitrogens with one attached hydrogen (secondary N) is 2. The number of carbonyl (C=O) groups excluding carboxylic acids is 2. The Morgan fingerprint density at radius 3 is 2.00 bits per heavy atom. The molecule has 2 N–H and O–H groups in total. The van der Waals surface area contributed by atoms with Crippen LogP contribution in [0.3, 0.4) is 0 Å². The van der Waals surface area contributed by atoms with Crippen LogP contribution in [0.4, 0.5) is 8.78 Å². The SMILES string of the molecule is Cc1n[nH]c(C)c1CC(=O)N[C@@H](COCc1ccc(F)cc1)C(=O)Cc1ccc(Oc2ccc(F)cc2)cc1. The summed E-state index contributed by atoms with van der Waals surface area (Å²) >= 11 is 0. The molecule has 0 spiro atoms. The molecule has 1 atom stereocenters. The Kier molecular flexibility index (Phi) is 9.17. The molecule has 0 saturated heterocycles. The van der Waals surface area contributed by atoms with Crippen molar-refractivity contribution in [2.75, 3.05) is 6.61 Å². The average Bonchev–Trinajstić information content (AvgIpc) is 3.23. The van der Waals surface area contributed by atoms with E-state index in [9.17, 15) is 18.4 Å². The van der Waals surface area contributed by atoms with Gasteiger partial charge in [0, 0.05) is 17.7 Å². The second kappa shape index (κ2) is 12.9. The molecule has 202 valence electrons. The summed E-state index contributed by atoms with van der Waals surface area (Å²) in [4.78, 5) is 26.1. The molecule has 0 aliphatic rings. The van der Waals surface area contributed by atoms with Gasteiger partial charge in [-0.15, -0.1) is 0 Å². The first kappa shape index (κ1) is 27.7. The second-order valence-corrected chi connectivity index (χ2v) is 9.19. The van der Waals surface area contributed by atoms with Crippen LogP contribution < -0.4 is 10.1 Å². The molecule has 0 aliphatic heterocycles. The van der Waals surface area contributed by atoms with Gasteiger partial charge in [-0.3, -0.25) is 14.7 Å². The fourth-order valence-corrected chi connectivity index (χ4v) is 3.97. The lowest BCUT2D eigenvalue weighted by Crippen LogP contribution is -2.45. The van der Waals surface area contributed by atoms with Gasteiger partial charge in [-0.1, -0.05) is 24.3 Å². The van der Waals surface area contributed by atoms with Gasteiger partial charge in [0.25, 0.3) is 0 Å². The molecule has 39 heavy (non-hydrogen) atoms. The van der Waals surface area contributed by atoms with Crippen molar-refractivity contribution in [3.05, 3.63) is 113 Å². The van der Waals surface area contributed by atoms with Crippen LogP contribution in [0.2, 0.25) is 0 Å². The maximum atomic E-state index is 13.2. The molecule has 4 aromatic rings. The van der Waals surface area contributed by atoms with Crippen molar-refractivity contribution >= 4 is 11.7 Å². The van der Waals surface area contributed by atoms with E-state index in [0.29, 0.717) is 11.5 Å². The molecular formula is C30H29F2N3O4. The van der Waals surface area contributed by atoms with E-state index >= 15 is 0 Å². The third-order valence-corrected chi connectivity index (χ3v) is 6.16. The quantitative estimate of drug-likeness (QED) is 0.263. The normalized spacial score (nSPS) is 11.7. The molecule has 1 aromatic heterocycles. The van der Waals surface area contributed by atoms with Crippen LogP contribution in [0, 0.1) is 25.5 Å². The lowest BCUT2D eigenvalue weighted by Gasteiger charge is -2.18. The van der Waals surface area contributed by atoms with E-state index in [-0.39, 0.29) is 49.4 Å². The summed E-state index contributed by atoms with van der Waals surface area (Å²) in [5.41, 5.74) is 3.77. The zero-order valence-electron chi connectivity index (χ0n) is 21.7. The summed E-state index contributed by atoms with van der Waals surface area (Å²) in [5.74, 6) is -0.224. The molecule has 0 fully saturated rings. The van der Waals surface area contributed by atoms with Crippen molar-refractivity contribution < 1.29 is 27.8 Å². The topological polar surface area (TPSA) is 93.3 Å². The van der Waals surface area contributed by atoms with E-state index in [2.05, 4.69) is 15.5 Å². The van der Waals surface area contributed by atoms with Gasteiger partial charge in [0.05, 0.1) is 25.3 Å². The minimum Gasteiger partial charge on any atom is -0.457 e. The highest BCUT2D eigenvalue weighted by atomic mass is 19.1. The van der Waals surface area contributed by atoms with Crippen LogP contribution in [0.25, 0.3) is 0 Å². The number of H-pyrrole nitrogens is 1. The summed E-state index contributed by atoms with van der Waals surface area (Å²) in [6, 6.07) is 17.6. The maximum Gasteiger partial charge on any atom is 0.225 e. The number of aromatic nitrogens is 2. The molecular weight excluding hydrogens is 504 g/mol. The number of amides is 1. The Hall–Kier alpha value is -4.37. The highest BCUT2D eigenvalue weighted by Crippen LogP contribution is 2.22. The number of carbonyl (C=O) groups is 2. The van der Waals surface area contributed by atoms with E-state index < -0.39 is 6.04 Å². The van der Waals surface area contributed by atoms with Crippen molar-refractivity contribution in [3.8, 4) is 11.5 Å². The molecule has 1 amide bonds. The van der Waals surface area contributed by atoms with Crippen LogP contribution in [0.15, 0.2) is 72.8 Å². The van der Waals surface area contributed by atoms with Crippen LogP contribution in [0.5, 0.6) is 11.5 Å². The number of Topliss-reactive ketones (excluding diaryl/α,β-unsaturated/α-hetero) is 1. The van der Waals surface area contributed by atoms with E-state index in [4.69, 9.17) is 9.47 Å². The number of halogens is 2. The zero-order valence-corrected chi connectivity index (χ0v) is 21.7. The lowest BCUT2D eigenvalue weighted by atomic mass is 10.0. The first-order chi connectivity index (χ1) is 18.8. The minimum atomic E-state index is -0.888. The largest absolute Gasteiger partial charge is 0.457 e. The number of hydrogen-bond acceptors (Lipinski definition) is 5. The maximum absolute atomic E-state index is 13.2. The van der Waals surface area contributed by atoms with Gasteiger partial charge in [0.15, 0.2) is 5.78 Å². The Labute approximate surface area is 225 Å². The van der Waals surface area contributed by atoms with Crippen molar-refractivity contribution in [1.29, 1.82) is 0 Å². The van der Waals surface area contributed by atoms with Crippen molar-refractivity contribution in [2.45, 2.75) is 39.3 Å². The number of hydrogen-bond donors (Lipinski definition) is 2. The van der Waals surface area contributed by atoms with E-state index in [1.54, 1.807) is 36.4 Å². The first-order valence-corrected chi connectivity index (χ1v) is 12.4. The molecule has 0 unspecified atom stereocenters. The molecule has 0 radical (unpaired) electrons. The van der Waals surface area contributed by atoms with Gasteiger partial charge in [-0.05, 0) is 73.5 Å².